The Morgan fingerprint density at radius 3 is 2.57 bits per heavy atom. The maximum atomic E-state index is 12.7. The second kappa shape index (κ2) is 8.95. The standard InChI is InChI=1S/C22H33N3O3/c1-16(2)25-13-12-23-21(27)19(25)14-20(26)24-15-22(10-4-5-11-22)17-6-8-18(28-3)9-7-17/h6-9,16,19H,4-5,10-15H2,1-3H3,(H,23,27)(H,24,26)/t19-/m1/s1. The van der Waals surface area contributed by atoms with Gasteiger partial charge in [0.05, 0.1) is 19.6 Å². The van der Waals surface area contributed by atoms with Gasteiger partial charge < -0.3 is 15.4 Å². The highest BCUT2D eigenvalue weighted by Gasteiger charge is 2.37. The van der Waals surface area contributed by atoms with Crippen molar-refractivity contribution in [2.24, 2.45) is 0 Å². The molecule has 1 aliphatic carbocycles. The van der Waals surface area contributed by atoms with E-state index in [1.54, 1.807) is 7.11 Å². The number of hydrogen-bond donors (Lipinski definition) is 2. The molecule has 1 heterocycles. The van der Waals surface area contributed by atoms with Crippen LogP contribution in [0.1, 0.15) is 51.5 Å². The average Bonchev–Trinajstić information content (AvgIpc) is 3.18. The van der Waals surface area contributed by atoms with Crippen molar-refractivity contribution in [1.82, 2.24) is 15.5 Å². The molecule has 6 nitrogen and oxygen atoms in total. The van der Waals surface area contributed by atoms with Crippen LogP contribution in [0.3, 0.4) is 0 Å². The van der Waals surface area contributed by atoms with Crippen LogP contribution in [-0.2, 0) is 15.0 Å². The summed E-state index contributed by atoms with van der Waals surface area (Å²) in [7, 11) is 1.67. The van der Waals surface area contributed by atoms with Crippen molar-refractivity contribution in [2.75, 3.05) is 26.7 Å². The van der Waals surface area contributed by atoms with Gasteiger partial charge in [-0.2, -0.15) is 0 Å². The normalized spacial score (nSPS) is 22.1. The third-order valence-corrected chi connectivity index (χ3v) is 6.30. The predicted octanol–water partition coefficient (Wildman–Crippen LogP) is 2.22. The fourth-order valence-electron chi connectivity index (χ4n) is 4.64. The van der Waals surface area contributed by atoms with Gasteiger partial charge in [0.15, 0.2) is 0 Å². The number of carbonyl (C=O) groups is 2. The molecular weight excluding hydrogens is 354 g/mol. The summed E-state index contributed by atoms with van der Waals surface area (Å²) in [4.78, 5) is 27.1. The monoisotopic (exact) mass is 387 g/mol. The van der Waals surface area contributed by atoms with Gasteiger partial charge in [0.2, 0.25) is 11.8 Å². The largest absolute Gasteiger partial charge is 0.497 e. The minimum atomic E-state index is -0.380. The van der Waals surface area contributed by atoms with Crippen molar-refractivity contribution >= 4 is 11.8 Å². The molecule has 1 aromatic rings. The second-order valence-electron chi connectivity index (χ2n) is 8.34. The molecule has 1 saturated heterocycles. The van der Waals surface area contributed by atoms with E-state index >= 15 is 0 Å². The number of carbonyl (C=O) groups excluding carboxylic acids is 2. The van der Waals surface area contributed by atoms with E-state index < -0.39 is 0 Å². The first kappa shape index (κ1) is 20.6. The Kier molecular flexibility index (Phi) is 6.60. The van der Waals surface area contributed by atoms with Crippen molar-refractivity contribution in [2.45, 2.75) is 63.5 Å². The van der Waals surface area contributed by atoms with Crippen LogP contribution >= 0.6 is 0 Å². The number of amides is 2. The molecule has 0 radical (unpaired) electrons. The molecule has 2 amide bonds. The lowest BCUT2D eigenvalue weighted by Crippen LogP contribution is -2.58. The molecule has 28 heavy (non-hydrogen) atoms. The zero-order chi connectivity index (χ0) is 20.1. The average molecular weight is 388 g/mol. The predicted molar refractivity (Wildman–Crippen MR) is 109 cm³/mol. The van der Waals surface area contributed by atoms with Crippen LogP contribution in [0.25, 0.3) is 0 Å². The van der Waals surface area contributed by atoms with Gasteiger partial charge in [0, 0.05) is 31.1 Å². The molecule has 6 heteroatoms. The second-order valence-corrected chi connectivity index (χ2v) is 8.34. The molecule has 0 bridgehead atoms. The summed E-state index contributed by atoms with van der Waals surface area (Å²) < 4.78 is 5.27. The fraction of sp³-hybridized carbons (Fsp3) is 0.636. The number of hydrogen-bond acceptors (Lipinski definition) is 4. The molecule has 1 saturated carbocycles. The highest BCUT2D eigenvalue weighted by Crippen LogP contribution is 2.41. The van der Waals surface area contributed by atoms with Gasteiger partial charge in [-0.15, -0.1) is 0 Å². The van der Waals surface area contributed by atoms with E-state index in [4.69, 9.17) is 4.74 Å². The molecule has 0 unspecified atom stereocenters. The first-order chi connectivity index (χ1) is 13.4. The Hall–Kier alpha value is -2.08. The highest BCUT2D eigenvalue weighted by molar-refractivity contribution is 5.88. The van der Waals surface area contributed by atoms with Crippen LogP contribution in [0.15, 0.2) is 24.3 Å². The molecule has 3 rings (SSSR count). The van der Waals surface area contributed by atoms with Crippen molar-refractivity contribution in [3.63, 3.8) is 0 Å². The van der Waals surface area contributed by atoms with E-state index in [2.05, 4.69) is 41.5 Å². The summed E-state index contributed by atoms with van der Waals surface area (Å²) in [5.74, 6) is 0.756. The molecule has 1 aliphatic heterocycles. The van der Waals surface area contributed by atoms with Crippen LogP contribution in [0.2, 0.25) is 0 Å². The number of piperazine rings is 1. The van der Waals surface area contributed by atoms with Gasteiger partial charge in [0.25, 0.3) is 0 Å². The molecule has 2 fully saturated rings. The number of rotatable bonds is 7. The van der Waals surface area contributed by atoms with E-state index in [0.29, 0.717) is 13.1 Å². The summed E-state index contributed by atoms with van der Waals surface area (Å²) in [6, 6.07) is 8.07. The topological polar surface area (TPSA) is 70.7 Å². The van der Waals surface area contributed by atoms with Gasteiger partial charge >= 0.3 is 0 Å². The van der Waals surface area contributed by atoms with E-state index in [9.17, 15) is 9.59 Å². The van der Waals surface area contributed by atoms with Crippen molar-refractivity contribution < 1.29 is 14.3 Å². The summed E-state index contributed by atoms with van der Waals surface area (Å²) in [6.45, 7) is 6.20. The van der Waals surface area contributed by atoms with Gasteiger partial charge in [-0.25, -0.2) is 0 Å². The number of nitrogens with zero attached hydrogens (tertiary/aromatic N) is 1. The van der Waals surface area contributed by atoms with Crippen LogP contribution in [0.4, 0.5) is 0 Å². The van der Waals surface area contributed by atoms with Crippen molar-refractivity contribution in [1.29, 1.82) is 0 Å². The van der Waals surface area contributed by atoms with E-state index in [0.717, 1.165) is 25.1 Å². The Morgan fingerprint density at radius 1 is 1.29 bits per heavy atom. The third-order valence-electron chi connectivity index (χ3n) is 6.30. The maximum absolute atomic E-state index is 12.7. The fourth-order valence-corrected chi connectivity index (χ4v) is 4.64. The lowest BCUT2D eigenvalue weighted by molar-refractivity contribution is -0.134. The molecule has 2 aliphatic rings. The molecule has 2 N–H and O–H groups in total. The summed E-state index contributed by atoms with van der Waals surface area (Å²) >= 11 is 0. The van der Waals surface area contributed by atoms with E-state index in [-0.39, 0.29) is 35.7 Å². The van der Waals surface area contributed by atoms with Crippen LogP contribution < -0.4 is 15.4 Å². The lowest BCUT2D eigenvalue weighted by Gasteiger charge is -2.37. The summed E-state index contributed by atoms with van der Waals surface area (Å²) in [6.07, 6.45) is 4.70. The Labute approximate surface area is 168 Å². The first-order valence-corrected chi connectivity index (χ1v) is 10.4. The van der Waals surface area contributed by atoms with Gasteiger partial charge in [-0.05, 0) is 44.4 Å². The van der Waals surface area contributed by atoms with Gasteiger partial charge in [0.1, 0.15) is 5.75 Å². The smallest absolute Gasteiger partial charge is 0.237 e. The minimum Gasteiger partial charge on any atom is -0.497 e. The Balaban J connectivity index is 1.64. The molecule has 0 aromatic heterocycles. The zero-order valence-electron chi connectivity index (χ0n) is 17.3. The maximum Gasteiger partial charge on any atom is 0.237 e. The SMILES string of the molecule is COc1ccc(C2(CNC(=O)C[C@@H]3C(=O)NCCN3C(C)C)CCCC2)cc1. The first-order valence-electron chi connectivity index (χ1n) is 10.4. The lowest BCUT2D eigenvalue weighted by atomic mass is 9.78. The van der Waals surface area contributed by atoms with Gasteiger partial charge in [-0.1, -0.05) is 25.0 Å². The van der Waals surface area contributed by atoms with E-state index in [1.165, 1.54) is 18.4 Å². The molecule has 154 valence electrons. The highest BCUT2D eigenvalue weighted by atomic mass is 16.5. The Morgan fingerprint density at radius 2 is 1.96 bits per heavy atom. The Bertz CT molecular complexity index is 681. The number of methoxy groups -OCH3 is 1. The molecular formula is C22H33N3O3. The summed E-state index contributed by atoms with van der Waals surface area (Å²) in [5, 5.41) is 6.03. The third kappa shape index (κ3) is 4.49. The molecule has 1 aromatic carbocycles. The van der Waals surface area contributed by atoms with Crippen LogP contribution in [0.5, 0.6) is 5.75 Å². The number of ether oxygens (including phenoxy) is 1. The quantitative estimate of drug-likeness (QED) is 0.753. The van der Waals surface area contributed by atoms with Crippen molar-refractivity contribution in [3.05, 3.63) is 29.8 Å². The summed E-state index contributed by atoms with van der Waals surface area (Å²) in [5.41, 5.74) is 1.24. The van der Waals surface area contributed by atoms with Crippen molar-refractivity contribution in [3.8, 4) is 5.75 Å². The number of benzene rings is 1. The zero-order valence-corrected chi connectivity index (χ0v) is 17.3. The minimum absolute atomic E-state index is 0.0194. The van der Waals surface area contributed by atoms with Gasteiger partial charge in [-0.3, -0.25) is 14.5 Å². The van der Waals surface area contributed by atoms with E-state index in [1.807, 2.05) is 12.1 Å². The molecule has 0 spiro atoms. The van der Waals surface area contributed by atoms with Crippen LogP contribution in [-0.4, -0.2) is 55.5 Å². The molecule has 1 atom stereocenters. The number of nitrogens with one attached hydrogen (secondary N) is 2. The van der Waals surface area contributed by atoms with Crippen LogP contribution in [0, 0.1) is 0 Å².